The third-order valence-corrected chi connectivity index (χ3v) is 5.07. The number of carbonyl (C=O) groups is 1. The highest BCUT2D eigenvalue weighted by Crippen LogP contribution is 2.31. The first-order valence-electron chi connectivity index (χ1n) is 8.74. The quantitative estimate of drug-likeness (QED) is 0.504. The first-order valence-corrected chi connectivity index (χ1v) is 9.93. The molecule has 3 rings (SSSR count). The van der Waals surface area contributed by atoms with Crippen LogP contribution in [0.5, 0.6) is 5.75 Å². The van der Waals surface area contributed by atoms with Crippen LogP contribution in [-0.2, 0) is 4.79 Å². The summed E-state index contributed by atoms with van der Waals surface area (Å²) in [6, 6.07) is 15.4. The summed E-state index contributed by atoms with van der Waals surface area (Å²) in [5, 5.41) is 4.14. The van der Waals surface area contributed by atoms with Crippen molar-refractivity contribution in [1.82, 2.24) is 4.98 Å². The number of thiazole rings is 1. The molecule has 1 aromatic heterocycles. The van der Waals surface area contributed by atoms with Gasteiger partial charge in [0.2, 0.25) is 5.91 Å². The van der Waals surface area contributed by atoms with E-state index in [4.69, 9.17) is 16.3 Å². The number of carbonyl (C=O) groups excluding carboxylic acids is 1. The topological polar surface area (TPSA) is 51.2 Å². The number of ether oxygens (including phenoxy) is 1. The molecule has 0 saturated heterocycles. The first kappa shape index (κ1) is 19.4. The number of halogens is 1. The second kappa shape index (κ2) is 9.02. The van der Waals surface area contributed by atoms with Gasteiger partial charge in [-0.2, -0.15) is 0 Å². The summed E-state index contributed by atoms with van der Waals surface area (Å²) in [6.45, 7) is 4.51. The summed E-state index contributed by atoms with van der Waals surface area (Å²) in [4.78, 5) is 17.7. The zero-order valence-corrected chi connectivity index (χ0v) is 16.9. The molecule has 4 nitrogen and oxygen atoms in total. The predicted octanol–water partition coefficient (Wildman–Crippen LogP) is 5.88. The van der Waals surface area contributed by atoms with Crippen molar-refractivity contribution >= 4 is 34.0 Å². The minimum atomic E-state index is -0.0609. The van der Waals surface area contributed by atoms with Gasteiger partial charge < -0.3 is 10.1 Å². The molecule has 0 unspecified atom stereocenters. The van der Waals surface area contributed by atoms with Crippen LogP contribution in [0.15, 0.2) is 48.5 Å². The van der Waals surface area contributed by atoms with Gasteiger partial charge in [0.1, 0.15) is 5.75 Å². The van der Waals surface area contributed by atoms with Crippen LogP contribution in [0.3, 0.4) is 0 Å². The van der Waals surface area contributed by atoms with E-state index in [1.54, 1.807) is 0 Å². The molecule has 1 heterocycles. The highest BCUT2D eigenvalue weighted by Gasteiger charge is 2.12. The number of amides is 1. The van der Waals surface area contributed by atoms with Crippen molar-refractivity contribution in [1.29, 1.82) is 0 Å². The lowest BCUT2D eigenvalue weighted by Gasteiger charge is -2.06. The minimum Gasteiger partial charge on any atom is -0.494 e. The van der Waals surface area contributed by atoms with Gasteiger partial charge in [-0.15, -0.1) is 11.3 Å². The molecule has 0 saturated carbocycles. The molecular weight excluding hydrogens is 380 g/mol. The number of hydrogen-bond donors (Lipinski definition) is 1. The average molecular weight is 401 g/mol. The van der Waals surface area contributed by atoms with Crippen molar-refractivity contribution in [3.8, 4) is 17.0 Å². The number of hydrogen-bond acceptors (Lipinski definition) is 4. The molecule has 27 heavy (non-hydrogen) atoms. The van der Waals surface area contributed by atoms with E-state index in [2.05, 4.69) is 10.3 Å². The van der Waals surface area contributed by atoms with Gasteiger partial charge in [-0.05, 0) is 50.1 Å². The van der Waals surface area contributed by atoms with Crippen LogP contribution in [0, 0.1) is 13.8 Å². The van der Waals surface area contributed by atoms with Crippen LogP contribution in [0.4, 0.5) is 5.13 Å². The number of aromatic nitrogens is 1. The van der Waals surface area contributed by atoms with Crippen molar-refractivity contribution in [2.45, 2.75) is 26.7 Å². The SMILES string of the molecule is Cc1cccc(OCCCC(=O)Nc2nc(-c3cccc(Cl)c3)c(C)s2)c1. The number of aryl methyl sites for hydroxylation is 2. The van der Waals surface area contributed by atoms with E-state index in [1.165, 1.54) is 11.3 Å². The van der Waals surface area contributed by atoms with Crippen LogP contribution in [0.1, 0.15) is 23.3 Å². The van der Waals surface area contributed by atoms with Gasteiger partial charge in [-0.25, -0.2) is 4.98 Å². The summed E-state index contributed by atoms with van der Waals surface area (Å²) in [6.07, 6.45) is 1.03. The molecule has 6 heteroatoms. The molecule has 2 aromatic carbocycles. The molecule has 1 N–H and O–H groups in total. The molecular formula is C21H21ClN2O2S. The zero-order chi connectivity index (χ0) is 19.2. The van der Waals surface area contributed by atoms with Crippen molar-refractivity contribution in [3.63, 3.8) is 0 Å². The Morgan fingerprint density at radius 3 is 2.78 bits per heavy atom. The van der Waals surface area contributed by atoms with E-state index >= 15 is 0 Å². The highest BCUT2D eigenvalue weighted by molar-refractivity contribution is 7.16. The number of rotatable bonds is 7. The number of benzene rings is 2. The third-order valence-electron chi connectivity index (χ3n) is 3.95. The molecule has 0 fully saturated rings. The summed E-state index contributed by atoms with van der Waals surface area (Å²) in [5.41, 5.74) is 2.95. The van der Waals surface area contributed by atoms with E-state index in [1.807, 2.05) is 62.4 Å². The fraction of sp³-hybridized carbons (Fsp3) is 0.238. The Hall–Kier alpha value is -2.37. The van der Waals surface area contributed by atoms with E-state index in [9.17, 15) is 4.79 Å². The summed E-state index contributed by atoms with van der Waals surface area (Å²) in [5.74, 6) is 0.770. The second-order valence-corrected chi connectivity index (χ2v) is 7.89. The smallest absolute Gasteiger partial charge is 0.226 e. The maximum Gasteiger partial charge on any atom is 0.226 e. The van der Waals surface area contributed by atoms with E-state index in [0.29, 0.717) is 29.6 Å². The summed E-state index contributed by atoms with van der Waals surface area (Å²) in [7, 11) is 0. The average Bonchev–Trinajstić information content (AvgIpc) is 2.99. The summed E-state index contributed by atoms with van der Waals surface area (Å²) < 4.78 is 5.67. The molecule has 0 spiro atoms. The number of nitrogens with zero attached hydrogens (tertiary/aromatic N) is 1. The lowest BCUT2D eigenvalue weighted by atomic mass is 10.1. The molecule has 0 aliphatic carbocycles. The van der Waals surface area contributed by atoms with Gasteiger partial charge in [0.25, 0.3) is 0 Å². The van der Waals surface area contributed by atoms with Gasteiger partial charge in [-0.1, -0.05) is 35.9 Å². The highest BCUT2D eigenvalue weighted by atomic mass is 35.5. The lowest BCUT2D eigenvalue weighted by Crippen LogP contribution is -2.12. The predicted molar refractivity (Wildman–Crippen MR) is 112 cm³/mol. The van der Waals surface area contributed by atoms with Gasteiger partial charge in [-0.3, -0.25) is 4.79 Å². The monoisotopic (exact) mass is 400 g/mol. The Morgan fingerprint density at radius 2 is 2.00 bits per heavy atom. The van der Waals surface area contributed by atoms with Crippen LogP contribution in [0.25, 0.3) is 11.3 Å². The maximum absolute atomic E-state index is 12.2. The van der Waals surface area contributed by atoms with Crippen LogP contribution < -0.4 is 10.1 Å². The minimum absolute atomic E-state index is 0.0609. The van der Waals surface area contributed by atoms with E-state index in [0.717, 1.165) is 27.4 Å². The molecule has 140 valence electrons. The Bertz CT molecular complexity index is 939. The number of nitrogens with one attached hydrogen (secondary N) is 1. The normalized spacial score (nSPS) is 10.6. The lowest BCUT2D eigenvalue weighted by molar-refractivity contribution is -0.116. The van der Waals surface area contributed by atoms with Crippen LogP contribution in [-0.4, -0.2) is 17.5 Å². The standard InChI is InChI=1S/C21H21ClN2O2S/c1-14-6-3-9-18(12-14)26-11-5-10-19(25)23-21-24-20(15(2)27-21)16-7-4-8-17(22)13-16/h3-4,6-9,12-13H,5,10-11H2,1-2H3,(H,23,24,25). The van der Waals surface area contributed by atoms with Gasteiger partial charge >= 0.3 is 0 Å². The van der Waals surface area contributed by atoms with Gasteiger partial charge in [0.15, 0.2) is 5.13 Å². The van der Waals surface area contributed by atoms with E-state index in [-0.39, 0.29) is 5.91 Å². The maximum atomic E-state index is 12.2. The number of anilines is 1. The molecule has 3 aromatic rings. The first-order chi connectivity index (χ1) is 13.0. The van der Waals surface area contributed by atoms with Crippen LogP contribution >= 0.6 is 22.9 Å². The molecule has 0 aliphatic rings. The van der Waals surface area contributed by atoms with Crippen molar-refractivity contribution in [2.75, 3.05) is 11.9 Å². The van der Waals surface area contributed by atoms with Crippen molar-refractivity contribution in [3.05, 3.63) is 64.0 Å². The Labute approximate surface area is 168 Å². The fourth-order valence-corrected chi connectivity index (χ4v) is 3.71. The molecule has 0 atom stereocenters. The second-order valence-electron chi connectivity index (χ2n) is 6.25. The fourth-order valence-electron chi connectivity index (χ4n) is 2.66. The summed E-state index contributed by atoms with van der Waals surface area (Å²) >= 11 is 7.52. The van der Waals surface area contributed by atoms with Crippen molar-refractivity contribution < 1.29 is 9.53 Å². The van der Waals surface area contributed by atoms with E-state index < -0.39 is 0 Å². The third kappa shape index (κ3) is 5.55. The molecule has 1 amide bonds. The van der Waals surface area contributed by atoms with Crippen LogP contribution in [0.2, 0.25) is 5.02 Å². The molecule has 0 radical (unpaired) electrons. The molecule has 0 bridgehead atoms. The van der Waals surface area contributed by atoms with Crippen molar-refractivity contribution in [2.24, 2.45) is 0 Å². The largest absolute Gasteiger partial charge is 0.494 e. The van der Waals surface area contributed by atoms with Gasteiger partial charge in [0.05, 0.1) is 12.3 Å². The Kier molecular flexibility index (Phi) is 6.48. The van der Waals surface area contributed by atoms with Gasteiger partial charge in [0, 0.05) is 21.9 Å². The Balaban J connectivity index is 1.50. The molecule has 0 aliphatic heterocycles. The Morgan fingerprint density at radius 1 is 1.19 bits per heavy atom. The zero-order valence-electron chi connectivity index (χ0n) is 15.3.